The van der Waals surface area contributed by atoms with Gasteiger partial charge in [0, 0.05) is 5.56 Å². The van der Waals surface area contributed by atoms with Crippen LogP contribution in [0.15, 0.2) is 75.7 Å². The maximum atomic E-state index is 14.0. The summed E-state index contributed by atoms with van der Waals surface area (Å²) in [4.78, 5) is 32.4. The van der Waals surface area contributed by atoms with Gasteiger partial charge in [-0.2, -0.15) is 0 Å². The molecule has 194 valence electrons. The van der Waals surface area contributed by atoms with Crippen molar-refractivity contribution in [2.45, 2.75) is 19.9 Å². The van der Waals surface area contributed by atoms with Crippen molar-refractivity contribution in [3.63, 3.8) is 0 Å². The minimum absolute atomic E-state index is 0.00358. The molecule has 4 aromatic rings. The van der Waals surface area contributed by atoms with E-state index in [9.17, 15) is 14.7 Å². The fourth-order valence-electron chi connectivity index (χ4n) is 4.74. The monoisotopic (exact) mass is 530 g/mol. The molecule has 1 aliphatic rings. The standard InChI is InChI=1S/C29H26N2O6S/c1-5-37-28(34)24-16(2)30-29-31(26(24)25-19-9-7-6-8-18(19)11-13-21(25)35-3)27(33)23(38-29)15-17-10-12-20(32)22(14-17)36-4/h6-15,26,32H,5H2,1-4H3/b23-15+. The summed E-state index contributed by atoms with van der Waals surface area (Å²) in [5, 5.41) is 11.8. The first-order valence-corrected chi connectivity index (χ1v) is 12.8. The second-order valence-corrected chi connectivity index (χ2v) is 9.65. The quantitative estimate of drug-likeness (QED) is 0.382. The van der Waals surface area contributed by atoms with Crippen molar-refractivity contribution >= 4 is 34.2 Å². The van der Waals surface area contributed by atoms with Gasteiger partial charge in [-0.05, 0) is 54.5 Å². The Morgan fingerprint density at radius 2 is 1.87 bits per heavy atom. The van der Waals surface area contributed by atoms with E-state index in [0.29, 0.717) is 37.7 Å². The van der Waals surface area contributed by atoms with Crippen LogP contribution < -0.4 is 24.4 Å². The number of aromatic nitrogens is 1. The maximum absolute atomic E-state index is 14.0. The number of phenols is 1. The lowest BCUT2D eigenvalue weighted by atomic mass is 9.90. The number of allylic oxidation sites excluding steroid dienone is 1. The van der Waals surface area contributed by atoms with E-state index in [-0.39, 0.29) is 23.5 Å². The highest BCUT2D eigenvalue weighted by Gasteiger charge is 2.36. The largest absolute Gasteiger partial charge is 0.504 e. The minimum atomic E-state index is -0.817. The van der Waals surface area contributed by atoms with Crippen molar-refractivity contribution in [2.75, 3.05) is 20.8 Å². The van der Waals surface area contributed by atoms with Crippen LogP contribution in [-0.4, -0.2) is 36.5 Å². The number of hydrogen-bond acceptors (Lipinski definition) is 8. The number of esters is 1. The number of phenolic OH excluding ortho intramolecular Hbond substituents is 1. The van der Waals surface area contributed by atoms with E-state index in [1.807, 2.05) is 36.4 Å². The lowest BCUT2D eigenvalue weighted by molar-refractivity contribution is -0.139. The van der Waals surface area contributed by atoms with Crippen LogP contribution in [0, 0.1) is 0 Å². The van der Waals surface area contributed by atoms with Gasteiger partial charge in [0.05, 0.1) is 36.6 Å². The molecule has 38 heavy (non-hydrogen) atoms. The van der Waals surface area contributed by atoms with Crippen molar-refractivity contribution in [3.8, 4) is 17.2 Å². The smallest absolute Gasteiger partial charge is 0.338 e. The number of ether oxygens (including phenoxy) is 3. The van der Waals surface area contributed by atoms with Crippen molar-refractivity contribution < 1.29 is 24.1 Å². The summed E-state index contributed by atoms with van der Waals surface area (Å²) in [6.07, 6.45) is 1.71. The highest BCUT2D eigenvalue weighted by Crippen LogP contribution is 2.40. The van der Waals surface area contributed by atoms with Gasteiger partial charge in [-0.1, -0.05) is 47.7 Å². The molecule has 0 bridgehead atoms. The molecule has 0 fully saturated rings. The number of nitrogens with zero attached hydrogens (tertiary/aromatic N) is 2. The maximum Gasteiger partial charge on any atom is 0.338 e. The Bertz CT molecular complexity index is 1780. The van der Waals surface area contributed by atoms with Crippen LogP contribution in [0.5, 0.6) is 17.2 Å². The number of benzene rings is 3. The zero-order valence-electron chi connectivity index (χ0n) is 21.3. The Balaban J connectivity index is 1.83. The highest BCUT2D eigenvalue weighted by atomic mass is 32.1. The van der Waals surface area contributed by atoms with Crippen LogP contribution >= 0.6 is 11.3 Å². The number of carbonyl (C=O) groups is 1. The normalized spacial score (nSPS) is 15.3. The second kappa shape index (κ2) is 10.2. The second-order valence-electron chi connectivity index (χ2n) is 8.64. The van der Waals surface area contributed by atoms with E-state index in [1.165, 1.54) is 29.1 Å². The van der Waals surface area contributed by atoms with Gasteiger partial charge in [-0.3, -0.25) is 9.36 Å². The van der Waals surface area contributed by atoms with Gasteiger partial charge in [0.1, 0.15) is 11.8 Å². The molecule has 0 saturated carbocycles. The molecule has 0 aliphatic carbocycles. The first-order chi connectivity index (χ1) is 18.4. The number of fused-ring (bicyclic) bond motifs is 2. The zero-order valence-corrected chi connectivity index (χ0v) is 22.2. The lowest BCUT2D eigenvalue weighted by Gasteiger charge is -2.27. The zero-order chi connectivity index (χ0) is 27.0. The molecule has 8 nitrogen and oxygen atoms in total. The van der Waals surface area contributed by atoms with Gasteiger partial charge >= 0.3 is 5.97 Å². The van der Waals surface area contributed by atoms with Gasteiger partial charge in [0.15, 0.2) is 16.3 Å². The summed E-state index contributed by atoms with van der Waals surface area (Å²) < 4.78 is 18.4. The SMILES string of the molecule is CCOC(=O)C1=C(C)N=c2s/c(=C/c3ccc(O)c(OC)c3)c(=O)n2C1c1c(OC)ccc2ccccc12. The topological polar surface area (TPSA) is 99.4 Å². The first-order valence-electron chi connectivity index (χ1n) is 12.0. The number of carbonyl (C=O) groups excluding carboxylic acids is 1. The summed E-state index contributed by atoms with van der Waals surface area (Å²) in [6, 6.07) is 15.6. The number of thiazole rings is 1. The average Bonchev–Trinajstić information content (AvgIpc) is 3.22. The Morgan fingerprint density at radius 1 is 1.11 bits per heavy atom. The molecular formula is C29H26N2O6S. The van der Waals surface area contributed by atoms with E-state index < -0.39 is 12.0 Å². The minimum Gasteiger partial charge on any atom is -0.504 e. The molecular weight excluding hydrogens is 504 g/mol. The van der Waals surface area contributed by atoms with Crippen LogP contribution in [0.2, 0.25) is 0 Å². The summed E-state index contributed by atoms with van der Waals surface area (Å²) in [7, 11) is 3.03. The average molecular weight is 531 g/mol. The van der Waals surface area contributed by atoms with E-state index in [0.717, 1.165) is 10.8 Å². The third kappa shape index (κ3) is 4.24. The fourth-order valence-corrected chi connectivity index (χ4v) is 5.78. The molecule has 5 rings (SSSR count). The Labute approximate surface area is 222 Å². The summed E-state index contributed by atoms with van der Waals surface area (Å²) in [5.41, 5.74) is 1.80. The Hall–Kier alpha value is -4.37. The fraction of sp³-hybridized carbons (Fsp3) is 0.207. The molecule has 0 spiro atoms. The van der Waals surface area contributed by atoms with Crippen LogP contribution in [0.25, 0.3) is 16.8 Å². The summed E-state index contributed by atoms with van der Waals surface area (Å²) >= 11 is 1.22. The number of hydrogen-bond donors (Lipinski definition) is 1. The van der Waals surface area contributed by atoms with Crippen molar-refractivity contribution in [2.24, 2.45) is 4.99 Å². The molecule has 0 amide bonds. The highest BCUT2D eigenvalue weighted by molar-refractivity contribution is 7.07. The molecule has 2 heterocycles. The molecule has 1 N–H and O–H groups in total. The van der Waals surface area contributed by atoms with Crippen molar-refractivity contribution in [1.29, 1.82) is 0 Å². The van der Waals surface area contributed by atoms with Gasteiger partial charge in [0.25, 0.3) is 5.56 Å². The molecule has 3 aromatic carbocycles. The summed E-state index contributed by atoms with van der Waals surface area (Å²) in [6.45, 7) is 3.67. The third-order valence-electron chi connectivity index (χ3n) is 6.44. The first kappa shape index (κ1) is 25.3. The predicted octanol–water partition coefficient (Wildman–Crippen LogP) is 3.67. The Kier molecular flexibility index (Phi) is 6.77. The summed E-state index contributed by atoms with van der Waals surface area (Å²) in [5.74, 6) is 0.309. The van der Waals surface area contributed by atoms with E-state index >= 15 is 0 Å². The van der Waals surface area contributed by atoms with Crippen LogP contribution in [0.1, 0.15) is 31.0 Å². The van der Waals surface area contributed by atoms with Crippen molar-refractivity contribution in [3.05, 3.63) is 96.7 Å². The molecule has 0 saturated heterocycles. The predicted molar refractivity (Wildman–Crippen MR) is 146 cm³/mol. The van der Waals surface area contributed by atoms with Gasteiger partial charge < -0.3 is 19.3 Å². The van der Waals surface area contributed by atoms with E-state index in [2.05, 4.69) is 4.99 Å². The molecule has 0 radical (unpaired) electrons. The number of aromatic hydroxyl groups is 1. The van der Waals surface area contributed by atoms with Gasteiger partial charge in [-0.15, -0.1) is 0 Å². The number of methoxy groups -OCH3 is 2. The third-order valence-corrected chi connectivity index (χ3v) is 7.43. The van der Waals surface area contributed by atoms with E-state index in [1.54, 1.807) is 39.2 Å². The molecule has 1 aromatic heterocycles. The van der Waals surface area contributed by atoms with E-state index in [4.69, 9.17) is 14.2 Å². The van der Waals surface area contributed by atoms with Crippen LogP contribution in [0.4, 0.5) is 0 Å². The van der Waals surface area contributed by atoms with Gasteiger partial charge in [-0.25, -0.2) is 9.79 Å². The lowest BCUT2D eigenvalue weighted by Crippen LogP contribution is -2.40. The molecule has 1 aliphatic heterocycles. The molecule has 9 heteroatoms. The molecule has 1 unspecified atom stereocenters. The number of rotatable bonds is 6. The van der Waals surface area contributed by atoms with Crippen LogP contribution in [0.3, 0.4) is 0 Å². The molecule has 1 atom stereocenters. The van der Waals surface area contributed by atoms with Crippen molar-refractivity contribution in [1.82, 2.24) is 4.57 Å². The van der Waals surface area contributed by atoms with Crippen LogP contribution in [-0.2, 0) is 9.53 Å². The Morgan fingerprint density at radius 3 is 2.61 bits per heavy atom. The van der Waals surface area contributed by atoms with Gasteiger partial charge in [0.2, 0.25) is 0 Å².